The summed E-state index contributed by atoms with van der Waals surface area (Å²) < 4.78 is 5.54. The van der Waals surface area contributed by atoms with E-state index in [-0.39, 0.29) is 24.7 Å². The number of ether oxygens (including phenoxy) is 1. The van der Waals surface area contributed by atoms with Gasteiger partial charge in [0, 0.05) is 19.5 Å². The molecule has 1 N–H and O–H groups in total. The quantitative estimate of drug-likeness (QED) is 0.689. The topological polar surface area (TPSA) is 49.8 Å². The third-order valence-corrected chi connectivity index (χ3v) is 3.63. The van der Waals surface area contributed by atoms with Crippen LogP contribution in [0.1, 0.15) is 58.8 Å². The van der Waals surface area contributed by atoms with E-state index in [1.54, 1.807) is 0 Å². The fourth-order valence-corrected chi connectivity index (χ4v) is 2.56. The molecule has 112 valence electrons. The summed E-state index contributed by atoms with van der Waals surface area (Å²) in [7, 11) is 0. The molecule has 2 atom stereocenters. The van der Waals surface area contributed by atoms with Gasteiger partial charge in [0.15, 0.2) is 0 Å². The largest absolute Gasteiger partial charge is 0.394 e. The van der Waals surface area contributed by atoms with E-state index in [1.807, 2.05) is 11.8 Å². The molecule has 0 aromatic carbocycles. The number of nitrogens with zero attached hydrogens (tertiary/aromatic N) is 1. The van der Waals surface area contributed by atoms with Gasteiger partial charge in [0.25, 0.3) is 0 Å². The van der Waals surface area contributed by atoms with Crippen molar-refractivity contribution in [2.45, 2.75) is 71.0 Å². The van der Waals surface area contributed by atoms with E-state index in [9.17, 15) is 4.79 Å². The second kappa shape index (κ2) is 9.32. The fraction of sp³-hybridized carbons (Fsp3) is 0.933. The van der Waals surface area contributed by atoms with Crippen LogP contribution in [0.3, 0.4) is 0 Å². The van der Waals surface area contributed by atoms with E-state index >= 15 is 0 Å². The highest BCUT2D eigenvalue weighted by Gasteiger charge is 2.27. The van der Waals surface area contributed by atoms with E-state index in [2.05, 4.69) is 6.92 Å². The van der Waals surface area contributed by atoms with Crippen molar-refractivity contribution in [3.05, 3.63) is 0 Å². The van der Waals surface area contributed by atoms with Crippen LogP contribution in [0.4, 0.5) is 0 Å². The molecular weight excluding hydrogens is 242 g/mol. The van der Waals surface area contributed by atoms with Crippen molar-refractivity contribution >= 4 is 5.91 Å². The van der Waals surface area contributed by atoms with Gasteiger partial charge in [0.05, 0.1) is 18.8 Å². The van der Waals surface area contributed by atoms with Crippen molar-refractivity contribution in [1.82, 2.24) is 4.90 Å². The second-order valence-corrected chi connectivity index (χ2v) is 5.57. The highest BCUT2D eigenvalue weighted by molar-refractivity contribution is 5.76. The molecule has 1 saturated heterocycles. The van der Waals surface area contributed by atoms with Gasteiger partial charge in [-0.1, -0.05) is 39.0 Å². The predicted octanol–water partition coefficient (Wildman–Crippen LogP) is 2.35. The second-order valence-electron chi connectivity index (χ2n) is 5.57. The molecule has 0 aliphatic carbocycles. The highest BCUT2D eigenvalue weighted by atomic mass is 16.5. The van der Waals surface area contributed by atoms with Gasteiger partial charge in [-0.25, -0.2) is 0 Å². The van der Waals surface area contributed by atoms with Crippen molar-refractivity contribution in [2.75, 3.05) is 19.7 Å². The first-order valence-corrected chi connectivity index (χ1v) is 7.71. The maximum atomic E-state index is 12.1. The molecule has 1 amide bonds. The zero-order valence-corrected chi connectivity index (χ0v) is 12.4. The first kappa shape index (κ1) is 16.4. The Morgan fingerprint density at radius 2 is 1.89 bits per heavy atom. The monoisotopic (exact) mass is 271 g/mol. The summed E-state index contributed by atoms with van der Waals surface area (Å²) in [6.07, 6.45) is 7.66. The van der Waals surface area contributed by atoms with Crippen LogP contribution >= 0.6 is 0 Å². The Hall–Kier alpha value is -0.610. The minimum Gasteiger partial charge on any atom is -0.394 e. The molecule has 0 saturated carbocycles. The Labute approximate surface area is 117 Å². The average Bonchev–Trinajstić information content (AvgIpc) is 2.41. The Bertz CT molecular complexity index is 258. The third kappa shape index (κ3) is 6.39. The van der Waals surface area contributed by atoms with Crippen molar-refractivity contribution in [2.24, 2.45) is 0 Å². The molecule has 1 fully saturated rings. The van der Waals surface area contributed by atoms with Gasteiger partial charge in [0.1, 0.15) is 0 Å². The molecule has 4 nitrogen and oxygen atoms in total. The van der Waals surface area contributed by atoms with Crippen molar-refractivity contribution in [3.8, 4) is 0 Å². The standard InChI is InChI=1S/C15H29NO3/c1-3-4-5-6-7-8-9-15(18)16-10-13(2)19-14(11-16)12-17/h13-14,17H,3-12H2,1-2H3. The molecule has 2 unspecified atom stereocenters. The minimum absolute atomic E-state index is 0.00879. The first-order valence-electron chi connectivity index (χ1n) is 7.71. The van der Waals surface area contributed by atoms with Crippen LogP contribution in [-0.4, -0.2) is 47.8 Å². The van der Waals surface area contributed by atoms with Crippen molar-refractivity contribution in [1.29, 1.82) is 0 Å². The lowest BCUT2D eigenvalue weighted by Gasteiger charge is -2.36. The number of aliphatic hydroxyl groups excluding tert-OH is 1. The van der Waals surface area contributed by atoms with Gasteiger partial charge in [-0.15, -0.1) is 0 Å². The molecule has 0 spiro atoms. The first-order chi connectivity index (χ1) is 9.17. The Kier molecular flexibility index (Phi) is 8.07. The highest BCUT2D eigenvalue weighted by Crippen LogP contribution is 2.14. The predicted molar refractivity (Wildman–Crippen MR) is 76.0 cm³/mol. The molecular formula is C15H29NO3. The average molecular weight is 271 g/mol. The van der Waals surface area contributed by atoms with Gasteiger partial charge in [-0.3, -0.25) is 4.79 Å². The lowest BCUT2D eigenvalue weighted by Crippen LogP contribution is -2.50. The number of unbranched alkanes of at least 4 members (excludes halogenated alkanes) is 5. The fourth-order valence-electron chi connectivity index (χ4n) is 2.56. The number of aliphatic hydroxyl groups is 1. The molecule has 19 heavy (non-hydrogen) atoms. The molecule has 1 rings (SSSR count). The molecule has 0 radical (unpaired) electrons. The van der Waals surface area contributed by atoms with Crippen molar-refractivity contribution < 1.29 is 14.6 Å². The molecule has 1 aliphatic rings. The van der Waals surface area contributed by atoms with Crippen LogP contribution in [0.15, 0.2) is 0 Å². The summed E-state index contributed by atoms with van der Waals surface area (Å²) in [5.74, 6) is 0.212. The molecule has 1 heterocycles. The summed E-state index contributed by atoms with van der Waals surface area (Å²) in [5, 5.41) is 9.14. The number of amides is 1. The number of carbonyl (C=O) groups excluding carboxylic acids is 1. The van der Waals surface area contributed by atoms with Gasteiger partial charge in [0.2, 0.25) is 5.91 Å². The zero-order chi connectivity index (χ0) is 14.1. The van der Waals surface area contributed by atoms with E-state index in [0.29, 0.717) is 19.5 Å². The number of carbonyl (C=O) groups is 1. The zero-order valence-electron chi connectivity index (χ0n) is 12.4. The van der Waals surface area contributed by atoms with E-state index in [1.165, 1.54) is 25.7 Å². The molecule has 1 aliphatic heterocycles. The molecule has 0 aromatic heterocycles. The van der Waals surface area contributed by atoms with E-state index < -0.39 is 0 Å². The van der Waals surface area contributed by atoms with Crippen molar-refractivity contribution in [3.63, 3.8) is 0 Å². The molecule has 0 bridgehead atoms. The van der Waals surface area contributed by atoms with Crippen LogP contribution < -0.4 is 0 Å². The minimum atomic E-state index is -0.211. The lowest BCUT2D eigenvalue weighted by molar-refractivity contribution is -0.147. The summed E-state index contributed by atoms with van der Waals surface area (Å²) in [5.41, 5.74) is 0. The van der Waals surface area contributed by atoms with E-state index in [0.717, 1.165) is 12.8 Å². The summed E-state index contributed by atoms with van der Waals surface area (Å²) in [4.78, 5) is 13.9. The molecule has 0 aromatic rings. The number of hydrogen-bond acceptors (Lipinski definition) is 3. The summed E-state index contributed by atoms with van der Waals surface area (Å²) in [6, 6.07) is 0. The number of morpholine rings is 1. The summed E-state index contributed by atoms with van der Waals surface area (Å²) in [6.45, 7) is 5.35. The van der Waals surface area contributed by atoms with Crippen LogP contribution in [0.25, 0.3) is 0 Å². The molecule has 4 heteroatoms. The number of rotatable bonds is 8. The van der Waals surface area contributed by atoms with Crippen LogP contribution in [-0.2, 0) is 9.53 Å². The lowest BCUT2D eigenvalue weighted by atomic mass is 10.1. The number of hydrogen-bond donors (Lipinski definition) is 1. The van der Waals surface area contributed by atoms with Gasteiger partial charge < -0.3 is 14.7 Å². The van der Waals surface area contributed by atoms with Crippen LogP contribution in [0.2, 0.25) is 0 Å². The van der Waals surface area contributed by atoms with Gasteiger partial charge in [-0.2, -0.15) is 0 Å². The smallest absolute Gasteiger partial charge is 0.222 e. The SMILES string of the molecule is CCCCCCCCC(=O)N1CC(C)OC(CO)C1. The maximum absolute atomic E-state index is 12.1. The third-order valence-electron chi connectivity index (χ3n) is 3.63. The summed E-state index contributed by atoms with van der Waals surface area (Å²) >= 11 is 0. The Morgan fingerprint density at radius 1 is 1.21 bits per heavy atom. The Morgan fingerprint density at radius 3 is 2.58 bits per heavy atom. The van der Waals surface area contributed by atoms with Gasteiger partial charge >= 0.3 is 0 Å². The van der Waals surface area contributed by atoms with Crippen LogP contribution in [0, 0.1) is 0 Å². The maximum Gasteiger partial charge on any atom is 0.222 e. The normalized spacial score (nSPS) is 23.6. The van der Waals surface area contributed by atoms with Gasteiger partial charge in [-0.05, 0) is 13.3 Å². The van der Waals surface area contributed by atoms with E-state index in [4.69, 9.17) is 9.84 Å². The Balaban J connectivity index is 2.17. The van der Waals surface area contributed by atoms with Crippen LogP contribution in [0.5, 0.6) is 0 Å².